The third kappa shape index (κ3) is 7.63. The molecule has 3 aliphatic carbocycles. The average molecular weight is 602 g/mol. The molecule has 28 heavy (non-hydrogen) atoms. The normalized spacial score (nSPS) is 27.0. The molecule has 3 aliphatic rings. The Morgan fingerprint density at radius 3 is 0.429 bits per heavy atom. The molecule has 3 rings (SSSR count). The monoisotopic (exact) mass is 601 g/mol. The first kappa shape index (κ1) is 29.1. The fraction of sp³-hybridized carbons (Fsp3) is 0.444. The van der Waals surface area contributed by atoms with Crippen LogP contribution in [0.3, 0.4) is 0 Å². The van der Waals surface area contributed by atoms with Crippen molar-refractivity contribution < 1.29 is 31.1 Å². The summed E-state index contributed by atoms with van der Waals surface area (Å²) < 4.78 is 0. The Morgan fingerprint density at radius 1 is 0.286 bits per heavy atom. The average Bonchev–Trinajstić information content (AvgIpc) is 3.07. The van der Waals surface area contributed by atoms with Crippen LogP contribution in [0.2, 0.25) is 0 Å². The van der Waals surface area contributed by atoms with Gasteiger partial charge in [0.15, 0.2) is 0 Å². The van der Waals surface area contributed by atoms with Gasteiger partial charge in [0.05, 0.1) is 0 Å². The topological polar surface area (TPSA) is 0 Å². The van der Waals surface area contributed by atoms with Gasteiger partial charge in [0.25, 0.3) is 0 Å². The molecule has 0 bridgehead atoms. The first-order valence-corrected chi connectivity index (χ1v) is 9.98. The predicted octanol–water partition coefficient (Wildman–Crippen LogP) is 7.75. The van der Waals surface area contributed by atoms with Crippen LogP contribution >= 0.6 is 0 Å². The van der Waals surface area contributed by atoms with E-state index in [0.717, 1.165) is 0 Å². The van der Waals surface area contributed by atoms with Crippen molar-refractivity contribution in [1.82, 2.24) is 0 Å². The van der Waals surface area contributed by atoms with E-state index in [1.807, 2.05) is 0 Å². The Kier molecular flexibility index (Phi) is 13.3. The van der Waals surface area contributed by atoms with E-state index in [-0.39, 0.29) is 31.1 Å². The molecule has 0 aromatic heterocycles. The largest absolute Gasteiger partial charge is 0.0582 e. The third-order valence-electron chi connectivity index (χ3n) is 6.54. The molecule has 0 atom stereocenters. The van der Waals surface area contributed by atoms with Gasteiger partial charge in [-0.25, -0.2) is 0 Å². The molecule has 0 amide bonds. The standard InChI is InChI=1S/3C9H13.U/c3*1-6-5-7(2)9(4)8(6)3;/h3*5H,1-4H3;. The Balaban J connectivity index is 0.000000384. The van der Waals surface area contributed by atoms with Gasteiger partial charge in [0.2, 0.25) is 0 Å². The van der Waals surface area contributed by atoms with E-state index in [1.54, 1.807) is 0 Å². The summed E-state index contributed by atoms with van der Waals surface area (Å²) in [5, 5.41) is 0. The molecule has 0 unspecified atom stereocenters. The van der Waals surface area contributed by atoms with Gasteiger partial charge in [-0.15, -0.1) is 0 Å². The van der Waals surface area contributed by atoms with Crippen molar-refractivity contribution in [1.29, 1.82) is 0 Å². The van der Waals surface area contributed by atoms with Gasteiger partial charge < -0.3 is 0 Å². The van der Waals surface area contributed by atoms with Crippen molar-refractivity contribution in [2.24, 2.45) is 0 Å². The van der Waals surface area contributed by atoms with Crippen molar-refractivity contribution in [3.05, 3.63) is 90.3 Å². The quantitative estimate of drug-likeness (QED) is 0.267. The number of hydrogen-bond donors (Lipinski definition) is 0. The van der Waals surface area contributed by atoms with Crippen molar-refractivity contribution >= 4 is 0 Å². The molecule has 0 aliphatic heterocycles. The summed E-state index contributed by atoms with van der Waals surface area (Å²) in [4.78, 5) is 0. The molecule has 0 aromatic rings. The summed E-state index contributed by atoms with van der Waals surface area (Å²) >= 11 is 0. The Labute approximate surface area is 203 Å². The maximum atomic E-state index is 2.24. The molecule has 151 valence electrons. The molecule has 0 aromatic carbocycles. The second-order valence-electron chi connectivity index (χ2n) is 8.28. The zero-order valence-corrected chi connectivity index (χ0v) is 24.4. The van der Waals surface area contributed by atoms with Gasteiger partial charge >= 0.3 is 0 Å². The second kappa shape index (κ2) is 12.8. The van der Waals surface area contributed by atoms with Gasteiger partial charge in [-0.3, -0.25) is 0 Å². The van der Waals surface area contributed by atoms with Crippen LogP contribution in [0.5, 0.6) is 0 Å². The molecular formula is C27H39U. The van der Waals surface area contributed by atoms with Gasteiger partial charge in [-0.1, -0.05) is 83.1 Å². The number of rotatable bonds is 0. The zero-order chi connectivity index (χ0) is 21.0. The Bertz CT molecular complexity index is 321. The van der Waals surface area contributed by atoms with Crippen LogP contribution < -0.4 is 0 Å². The zero-order valence-electron chi connectivity index (χ0n) is 20.2. The van der Waals surface area contributed by atoms with Crippen molar-refractivity contribution in [3.63, 3.8) is 0 Å². The van der Waals surface area contributed by atoms with Crippen molar-refractivity contribution in [2.75, 3.05) is 0 Å². The Hall–Kier alpha value is 1.05. The van der Waals surface area contributed by atoms with Gasteiger partial charge in [-0.05, 0) is 90.3 Å². The van der Waals surface area contributed by atoms with E-state index in [0.29, 0.717) is 0 Å². The van der Waals surface area contributed by atoms with E-state index >= 15 is 0 Å². The van der Waals surface area contributed by atoms with Crippen LogP contribution in [0.1, 0.15) is 83.1 Å². The molecule has 0 spiro atoms. The molecule has 15 radical (unpaired) electrons. The maximum absolute atomic E-state index is 2.24. The van der Waals surface area contributed by atoms with Gasteiger partial charge in [0.1, 0.15) is 0 Å². The van der Waals surface area contributed by atoms with Crippen molar-refractivity contribution in [2.45, 2.75) is 83.1 Å². The summed E-state index contributed by atoms with van der Waals surface area (Å²) in [5.74, 6) is 17.2. The molecule has 0 nitrogen and oxygen atoms in total. The molecular weight excluding hydrogens is 562 g/mol. The van der Waals surface area contributed by atoms with Gasteiger partial charge in [0, 0.05) is 31.1 Å². The smallest absolute Gasteiger partial charge is 0 e. The minimum Gasteiger partial charge on any atom is -0.0582 e. The van der Waals surface area contributed by atoms with Crippen LogP contribution in [0.15, 0.2) is 0 Å². The summed E-state index contributed by atoms with van der Waals surface area (Å²) in [5.41, 5.74) is 0. The van der Waals surface area contributed by atoms with Crippen molar-refractivity contribution in [3.8, 4) is 0 Å². The van der Waals surface area contributed by atoms with Crippen LogP contribution in [0, 0.1) is 121 Å². The second-order valence-corrected chi connectivity index (χ2v) is 8.28. The first-order valence-electron chi connectivity index (χ1n) is 9.98. The van der Waals surface area contributed by atoms with Crippen LogP contribution in [-0.2, 0) is 0 Å². The summed E-state index contributed by atoms with van der Waals surface area (Å²) in [7, 11) is 0. The SMILES string of the molecule is C[C]1[CH][C](C)[C](C)[C]1C.C[C]1[CH][C](C)[C](C)[C]1C.C[C]1[CH][C](C)[C](C)[C]1C.[U]. The maximum Gasteiger partial charge on any atom is 0 e. The van der Waals surface area contributed by atoms with Crippen LogP contribution in [0.4, 0.5) is 0 Å². The fourth-order valence-corrected chi connectivity index (χ4v) is 3.40. The minimum absolute atomic E-state index is 0. The van der Waals surface area contributed by atoms with Crippen LogP contribution in [-0.4, -0.2) is 0 Å². The number of hydrogen-bond acceptors (Lipinski definition) is 0. The molecule has 0 N–H and O–H groups in total. The summed E-state index contributed by atoms with van der Waals surface area (Å²) in [6, 6.07) is 0. The molecule has 0 heterocycles. The molecule has 0 saturated heterocycles. The molecule has 3 saturated carbocycles. The van der Waals surface area contributed by atoms with E-state index < -0.39 is 0 Å². The summed E-state index contributed by atoms with van der Waals surface area (Å²) in [6.45, 7) is 26.0. The van der Waals surface area contributed by atoms with E-state index in [1.165, 1.54) is 71.0 Å². The molecule has 3 fully saturated rings. The first-order chi connectivity index (χ1) is 12.4. The minimum atomic E-state index is 0. The third-order valence-corrected chi connectivity index (χ3v) is 6.54. The van der Waals surface area contributed by atoms with E-state index in [2.05, 4.69) is 102 Å². The van der Waals surface area contributed by atoms with Gasteiger partial charge in [-0.2, -0.15) is 0 Å². The fourth-order valence-electron chi connectivity index (χ4n) is 3.40. The summed E-state index contributed by atoms with van der Waals surface area (Å²) in [6.07, 6.45) is 6.72. The molecule has 1 heteroatoms. The Morgan fingerprint density at radius 2 is 0.393 bits per heavy atom. The van der Waals surface area contributed by atoms with Crippen LogP contribution in [0.25, 0.3) is 0 Å². The van der Waals surface area contributed by atoms with E-state index in [9.17, 15) is 0 Å². The predicted molar refractivity (Wildman–Crippen MR) is 120 cm³/mol. The van der Waals surface area contributed by atoms with E-state index in [4.69, 9.17) is 0 Å².